The third-order valence-corrected chi connectivity index (χ3v) is 12.6. The van der Waals surface area contributed by atoms with E-state index in [1.807, 2.05) is 0 Å². The Morgan fingerprint density at radius 2 is 0.891 bits per heavy atom. The van der Waals surface area contributed by atoms with Crippen LogP contribution in [0.4, 0.5) is 0 Å². The van der Waals surface area contributed by atoms with Crippen LogP contribution < -0.4 is 4.74 Å². The quantitative estimate of drug-likeness (QED) is 0.178. The van der Waals surface area contributed by atoms with Gasteiger partial charge in [-0.25, -0.2) is 0 Å². The van der Waals surface area contributed by atoms with E-state index in [-0.39, 0.29) is 0 Å². The molecule has 1 heteroatoms. The van der Waals surface area contributed by atoms with Crippen LogP contribution in [0, 0.1) is 0 Å². The summed E-state index contributed by atoms with van der Waals surface area (Å²) in [6, 6.07) is 76.0. The minimum atomic E-state index is -0.564. The molecule has 1 aliphatic heterocycles. The highest BCUT2D eigenvalue weighted by atomic mass is 16.5. The Hall–Kier alpha value is -6.96. The van der Waals surface area contributed by atoms with Gasteiger partial charge in [-0.2, -0.15) is 0 Å². The van der Waals surface area contributed by atoms with Gasteiger partial charge in [-0.15, -0.1) is 0 Å². The zero-order valence-electron chi connectivity index (χ0n) is 30.0. The number of hydrogen-bond donors (Lipinski definition) is 0. The molecule has 1 heterocycles. The van der Waals surface area contributed by atoms with Crippen molar-refractivity contribution in [1.82, 2.24) is 0 Å². The molecule has 0 aromatic heterocycles. The topological polar surface area (TPSA) is 9.23 Å². The molecule has 1 nitrogen and oxygen atoms in total. The molecule has 1 unspecified atom stereocenters. The van der Waals surface area contributed by atoms with Crippen LogP contribution >= 0.6 is 0 Å². The molecule has 0 bridgehead atoms. The Labute approximate surface area is 320 Å². The zero-order chi connectivity index (χ0) is 36.1. The monoisotopic (exact) mass is 698 g/mol. The average molecular weight is 699 g/mol. The van der Waals surface area contributed by atoms with Crippen LogP contribution in [0.15, 0.2) is 206 Å². The van der Waals surface area contributed by atoms with Gasteiger partial charge < -0.3 is 4.74 Å². The summed E-state index contributed by atoms with van der Waals surface area (Å²) in [6.45, 7) is 0. The number of para-hydroxylation sites is 1. The fourth-order valence-corrected chi connectivity index (χ4v) is 10.6. The first-order valence-electron chi connectivity index (χ1n) is 19.2. The van der Waals surface area contributed by atoms with Crippen molar-refractivity contribution >= 4 is 10.8 Å². The van der Waals surface area contributed by atoms with E-state index in [1.54, 1.807) is 0 Å². The van der Waals surface area contributed by atoms with E-state index in [0.717, 1.165) is 28.2 Å². The largest absolute Gasteiger partial charge is 0.457 e. The molecule has 0 fully saturated rings. The van der Waals surface area contributed by atoms with Crippen molar-refractivity contribution < 1.29 is 4.74 Å². The first kappa shape index (κ1) is 30.5. The summed E-state index contributed by atoms with van der Waals surface area (Å²) in [5.41, 5.74) is 16.6. The van der Waals surface area contributed by atoms with Crippen molar-refractivity contribution in [3.8, 4) is 44.9 Å². The fraction of sp³-hybridized carbons (Fsp3) is 0.0370. The van der Waals surface area contributed by atoms with Crippen molar-refractivity contribution in [2.75, 3.05) is 0 Å². The van der Waals surface area contributed by atoms with Gasteiger partial charge in [-0.3, -0.25) is 0 Å². The minimum Gasteiger partial charge on any atom is -0.457 e. The van der Waals surface area contributed by atoms with E-state index in [4.69, 9.17) is 4.74 Å². The van der Waals surface area contributed by atoms with Gasteiger partial charge in [0.05, 0.1) is 10.8 Å². The predicted octanol–water partition coefficient (Wildman–Crippen LogP) is 13.3. The summed E-state index contributed by atoms with van der Waals surface area (Å²) < 4.78 is 7.00. The molecule has 0 radical (unpaired) electrons. The Morgan fingerprint density at radius 3 is 1.67 bits per heavy atom. The highest BCUT2D eigenvalue weighted by Gasteiger charge is 2.53. The lowest BCUT2D eigenvalue weighted by atomic mass is 9.63. The lowest BCUT2D eigenvalue weighted by Gasteiger charge is -2.41. The second-order valence-corrected chi connectivity index (χ2v) is 15.1. The minimum absolute atomic E-state index is 0.486. The maximum absolute atomic E-state index is 7.00. The van der Waals surface area contributed by atoms with Gasteiger partial charge in [-0.1, -0.05) is 194 Å². The SMILES string of the molecule is c1ccc(C2(c3ccccc3)c3ccccc3Oc3cc(-c4cccc5c4C4(c6ccccc6-5)c5ccccc5-c5c4ccc4ccccc54)ccc32)cc1. The maximum Gasteiger partial charge on any atom is 0.132 e. The molecular formula is C54H34O. The summed E-state index contributed by atoms with van der Waals surface area (Å²) in [5, 5.41) is 2.56. The Kier molecular flexibility index (Phi) is 6.25. The zero-order valence-corrected chi connectivity index (χ0v) is 30.0. The van der Waals surface area contributed by atoms with Crippen LogP contribution in [-0.2, 0) is 10.8 Å². The van der Waals surface area contributed by atoms with E-state index in [2.05, 4.69) is 206 Å². The molecule has 3 aliphatic rings. The van der Waals surface area contributed by atoms with Crippen molar-refractivity contribution in [2.24, 2.45) is 0 Å². The molecule has 1 atom stereocenters. The van der Waals surface area contributed by atoms with E-state index in [9.17, 15) is 0 Å². The molecule has 0 saturated heterocycles. The van der Waals surface area contributed by atoms with Crippen LogP contribution in [0.1, 0.15) is 44.5 Å². The maximum atomic E-state index is 7.00. The van der Waals surface area contributed by atoms with Gasteiger partial charge in [0.15, 0.2) is 0 Å². The smallest absolute Gasteiger partial charge is 0.132 e. The summed E-state index contributed by atoms with van der Waals surface area (Å²) >= 11 is 0. The van der Waals surface area contributed by atoms with E-state index >= 15 is 0 Å². The first-order valence-corrected chi connectivity index (χ1v) is 19.2. The molecule has 12 rings (SSSR count). The number of hydrogen-bond acceptors (Lipinski definition) is 1. The molecule has 9 aromatic carbocycles. The van der Waals surface area contributed by atoms with Crippen molar-refractivity contribution in [2.45, 2.75) is 10.8 Å². The van der Waals surface area contributed by atoms with E-state index in [1.165, 1.54) is 72.0 Å². The molecule has 0 N–H and O–H groups in total. The van der Waals surface area contributed by atoms with Crippen LogP contribution in [0.25, 0.3) is 44.2 Å². The Bertz CT molecular complexity index is 2970. The average Bonchev–Trinajstić information content (AvgIpc) is 3.74. The van der Waals surface area contributed by atoms with Gasteiger partial charge in [0.2, 0.25) is 0 Å². The molecule has 0 amide bonds. The molecule has 256 valence electrons. The first-order chi connectivity index (χ1) is 27.3. The molecular weight excluding hydrogens is 665 g/mol. The van der Waals surface area contributed by atoms with Crippen LogP contribution in [0.5, 0.6) is 11.5 Å². The number of fused-ring (bicyclic) bond motifs is 14. The Balaban J connectivity index is 1.16. The third kappa shape index (κ3) is 3.87. The van der Waals surface area contributed by atoms with E-state index < -0.39 is 10.8 Å². The van der Waals surface area contributed by atoms with Crippen molar-refractivity contribution in [3.05, 3.63) is 251 Å². The van der Waals surface area contributed by atoms with Gasteiger partial charge in [0.25, 0.3) is 0 Å². The van der Waals surface area contributed by atoms with Gasteiger partial charge in [0, 0.05) is 11.1 Å². The summed E-state index contributed by atoms with van der Waals surface area (Å²) in [6.07, 6.45) is 0. The highest BCUT2D eigenvalue weighted by molar-refractivity contribution is 6.07. The Morgan fingerprint density at radius 1 is 0.327 bits per heavy atom. The van der Waals surface area contributed by atoms with Gasteiger partial charge in [0.1, 0.15) is 11.5 Å². The third-order valence-electron chi connectivity index (χ3n) is 12.6. The number of rotatable bonds is 3. The lowest BCUT2D eigenvalue weighted by Crippen LogP contribution is -2.34. The second-order valence-electron chi connectivity index (χ2n) is 15.1. The normalized spacial score (nSPS) is 16.4. The molecule has 0 saturated carbocycles. The van der Waals surface area contributed by atoms with Crippen LogP contribution in [0.3, 0.4) is 0 Å². The molecule has 1 spiro atoms. The summed E-state index contributed by atoms with van der Waals surface area (Å²) in [7, 11) is 0. The summed E-state index contributed by atoms with van der Waals surface area (Å²) in [4.78, 5) is 0. The fourth-order valence-electron chi connectivity index (χ4n) is 10.6. The number of benzene rings is 9. The molecule has 55 heavy (non-hydrogen) atoms. The predicted molar refractivity (Wildman–Crippen MR) is 224 cm³/mol. The second kappa shape index (κ2) is 11.3. The molecule has 2 aliphatic carbocycles. The summed E-state index contributed by atoms with van der Waals surface area (Å²) in [5.74, 6) is 1.76. The number of ether oxygens (including phenoxy) is 1. The lowest BCUT2D eigenvalue weighted by molar-refractivity contribution is 0.434. The van der Waals surface area contributed by atoms with Crippen molar-refractivity contribution in [3.63, 3.8) is 0 Å². The van der Waals surface area contributed by atoms with Crippen LogP contribution in [-0.4, -0.2) is 0 Å². The van der Waals surface area contributed by atoms with Gasteiger partial charge >= 0.3 is 0 Å². The van der Waals surface area contributed by atoms with Gasteiger partial charge in [-0.05, 0) is 89.7 Å². The van der Waals surface area contributed by atoms with Crippen molar-refractivity contribution in [1.29, 1.82) is 0 Å². The van der Waals surface area contributed by atoms with Crippen LogP contribution in [0.2, 0.25) is 0 Å². The standard InChI is InChI=1S/C54H34O/c1-3-17-37(18-4-1)53(38-19-5-2-6-20-38)46-28-13-14-29-49(46)55-50-34-36(31-32-47(50)53)40-24-15-25-42-41-22-9-11-26-44(41)54(52(40)42)45-27-12-10-23-43(45)51-39-21-8-7-16-35(39)30-33-48(51)54/h1-34H. The molecule has 9 aromatic rings. The van der Waals surface area contributed by atoms with E-state index in [0.29, 0.717) is 0 Å². The highest BCUT2D eigenvalue weighted by Crippen LogP contribution is 2.65.